The third-order valence-electron chi connectivity index (χ3n) is 5.12. The number of benzene rings is 5. The Bertz CT molecular complexity index is 1390. The minimum Gasteiger partial charge on any atom is -0.0622 e. The van der Waals surface area contributed by atoms with Gasteiger partial charge in [-0.25, -0.2) is 4.99 Å². The number of nitrogens with zero attached hydrogens (tertiary/aromatic N) is 1. The molecule has 0 amide bonds. The van der Waals surface area contributed by atoms with Crippen molar-refractivity contribution in [2.45, 2.75) is 0 Å². The standard InChI is InChI=1S/C18H15P.C15H12N.5CO.Fe.Mn/c1-4-10-16(11-5-1)19(17-12-6-2-7-13-17)18-14-8-3-9-15-18;1-3-8-14(9-4-1)10-7-13-16-15-11-5-2-6-12-15;5*1-2;;/h1-15H;1-9,11-13H;;;;;;;/q;+1;;;;;;;. The fraction of sp³-hybridized carbons (Fsp3) is 0. The third kappa shape index (κ3) is 21.9. The van der Waals surface area contributed by atoms with Crippen LogP contribution in [0.5, 0.6) is 0 Å². The molecule has 0 unspecified atom stereocenters. The van der Waals surface area contributed by atoms with E-state index in [4.69, 9.17) is 23.3 Å². The van der Waals surface area contributed by atoms with Gasteiger partial charge in [0.25, 0.3) is 0 Å². The summed E-state index contributed by atoms with van der Waals surface area (Å²) in [6.07, 6.45) is 6.71. The van der Waals surface area contributed by atoms with E-state index in [9.17, 15) is 0 Å². The fourth-order valence-electron chi connectivity index (χ4n) is 3.48. The summed E-state index contributed by atoms with van der Waals surface area (Å²) in [6.45, 7) is 22.5. The molecule has 5 aromatic rings. The molecule has 0 atom stereocenters. The van der Waals surface area contributed by atoms with E-state index in [1.165, 1.54) is 15.9 Å². The molecular weight excluding hydrogens is 692 g/mol. The summed E-state index contributed by atoms with van der Waals surface area (Å²) in [5, 5.41) is 4.19. The topological polar surface area (TPSA) is 112 Å². The maximum atomic E-state index is 7.50. The SMILES string of the molecule is [C+](=CC=Nc1ccccc1)c1ccccc1.[C-]#[O+].[C-]#[O+].[C-]#[O+].[C-]#[O+].[C-]#[O+].[Fe].[Mn].c1ccc(P(c2ccccc2)c2ccccc2)cc1. The van der Waals surface area contributed by atoms with E-state index < -0.39 is 7.92 Å². The Kier molecular flexibility index (Phi) is 39.8. The maximum Gasteiger partial charge on any atom is 0 e. The van der Waals surface area contributed by atoms with Crippen LogP contribution in [-0.2, 0) is 57.4 Å². The van der Waals surface area contributed by atoms with Crippen LogP contribution in [0, 0.1) is 39.3 Å². The van der Waals surface area contributed by atoms with Gasteiger partial charge in [0.2, 0.25) is 0 Å². The van der Waals surface area contributed by atoms with Crippen molar-refractivity contribution in [3.05, 3.63) is 203 Å². The van der Waals surface area contributed by atoms with Crippen molar-refractivity contribution < 1.29 is 57.4 Å². The van der Waals surface area contributed by atoms with Crippen molar-refractivity contribution >= 4 is 35.7 Å². The Hall–Kier alpha value is -4.41. The van der Waals surface area contributed by atoms with E-state index in [0.29, 0.717) is 0 Å². The number of hydrogen-bond acceptors (Lipinski definition) is 1. The summed E-state index contributed by atoms with van der Waals surface area (Å²) >= 11 is 0. The number of aliphatic imine (C=N–C) groups is 1. The molecule has 5 aromatic carbocycles. The van der Waals surface area contributed by atoms with Gasteiger partial charge in [0.05, 0.1) is 11.8 Å². The molecule has 0 spiro atoms. The predicted molar refractivity (Wildman–Crippen MR) is 173 cm³/mol. The molecule has 0 bridgehead atoms. The smallest absolute Gasteiger partial charge is 0 e. The fourth-order valence-corrected chi connectivity index (χ4v) is 5.79. The van der Waals surface area contributed by atoms with E-state index in [0.717, 1.165) is 11.3 Å². The molecule has 6 nitrogen and oxygen atoms in total. The summed E-state index contributed by atoms with van der Waals surface area (Å²) in [4.78, 5) is 4.28. The second-order valence-corrected chi connectivity index (χ2v) is 9.85. The zero-order valence-corrected chi connectivity index (χ0v) is 27.9. The summed E-state index contributed by atoms with van der Waals surface area (Å²) < 4.78 is 37.5. The summed E-state index contributed by atoms with van der Waals surface area (Å²) in [6, 6.07) is 52.2. The molecule has 9 heteroatoms. The van der Waals surface area contributed by atoms with Crippen LogP contribution in [0.4, 0.5) is 5.69 Å². The van der Waals surface area contributed by atoms with Crippen LogP contribution in [0.2, 0.25) is 0 Å². The zero-order valence-electron chi connectivity index (χ0n) is 24.8. The van der Waals surface area contributed by atoms with Gasteiger partial charge in [-0.3, -0.25) is 0 Å². The molecule has 0 aliphatic rings. The van der Waals surface area contributed by atoms with Crippen LogP contribution in [0.1, 0.15) is 5.56 Å². The quantitative estimate of drug-likeness (QED) is 0.0590. The second-order valence-electron chi connectivity index (χ2n) is 7.63. The van der Waals surface area contributed by atoms with Crippen LogP contribution in [0.15, 0.2) is 163 Å². The Morgan fingerprint density at radius 2 is 0.723 bits per heavy atom. The molecule has 1 radical (unpaired) electrons. The molecule has 5 rings (SSSR count). The van der Waals surface area contributed by atoms with E-state index in [1.54, 1.807) is 6.21 Å². The molecule has 0 saturated heterocycles. The molecule has 0 heterocycles. The van der Waals surface area contributed by atoms with Crippen LogP contribution in [-0.4, -0.2) is 6.21 Å². The van der Waals surface area contributed by atoms with Gasteiger partial charge in [-0.2, -0.15) is 0 Å². The third-order valence-corrected chi connectivity index (χ3v) is 7.56. The molecule has 0 fully saturated rings. The first-order chi connectivity index (χ1) is 22.4. The van der Waals surface area contributed by atoms with Crippen molar-refractivity contribution in [1.82, 2.24) is 0 Å². The maximum absolute atomic E-state index is 7.50. The summed E-state index contributed by atoms with van der Waals surface area (Å²) in [7, 11) is -0.446. The molecule has 0 saturated carbocycles. The minimum absolute atomic E-state index is 0. The largest absolute Gasteiger partial charge is 0.0622 e. The average Bonchev–Trinajstić information content (AvgIpc) is 3.17. The van der Waals surface area contributed by atoms with Crippen molar-refractivity contribution in [2.24, 2.45) is 4.99 Å². The van der Waals surface area contributed by atoms with Crippen LogP contribution >= 0.6 is 7.92 Å². The molecule has 0 aromatic heterocycles. The first-order valence-corrected chi connectivity index (χ1v) is 13.9. The monoisotopic (exact) mass is 719 g/mol. The second kappa shape index (κ2) is 37.8. The van der Waals surface area contributed by atoms with Gasteiger partial charge in [0.1, 0.15) is 11.8 Å². The zero-order chi connectivity index (χ0) is 34.0. The molecule has 0 N–H and O–H groups in total. The summed E-state index contributed by atoms with van der Waals surface area (Å²) in [5.41, 5.74) is 2.01. The normalized spacial score (nSPS) is 8.15. The van der Waals surface area contributed by atoms with Gasteiger partial charge in [-0.15, -0.1) is 0 Å². The number of rotatable bonds is 6. The molecule has 233 valence electrons. The minimum atomic E-state index is -0.446. The molecule has 0 aliphatic carbocycles. The first-order valence-electron chi connectivity index (χ1n) is 12.6. The first kappa shape index (κ1) is 49.5. The van der Waals surface area contributed by atoms with Gasteiger partial charge in [0, 0.05) is 52.3 Å². The van der Waals surface area contributed by atoms with Crippen molar-refractivity contribution in [1.29, 1.82) is 0 Å². The van der Waals surface area contributed by atoms with E-state index in [1.807, 2.05) is 66.7 Å². The van der Waals surface area contributed by atoms with Crippen molar-refractivity contribution in [3.8, 4) is 0 Å². The van der Waals surface area contributed by atoms with E-state index >= 15 is 0 Å². The van der Waals surface area contributed by atoms with Gasteiger partial charge in [-0.05, 0) is 54.2 Å². The van der Waals surface area contributed by atoms with Crippen LogP contribution in [0.25, 0.3) is 0 Å². The van der Waals surface area contributed by atoms with E-state index in [2.05, 4.69) is 135 Å². The Balaban J connectivity index is -0.000000303. The van der Waals surface area contributed by atoms with Gasteiger partial charge in [-0.1, -0.05) is 109 Å². The number of hydrogen-bond donors (Lipinski definition) is 0. The van der Waals surface area contributed by atoms with Gasteiger partial charge >= 0.3 is 56.5 Å². The number of allylic oxidation sites excluding steroid dienone is 1. The predicted octanol–water partition coefficient (Wildman–Crippen LogP) is 7.05. The van der Waals surface area contributed by atoms with Gasteiger partial charge < -0.3 is 0 Å². The number of para-hydroxylation sites is 1. The van der Waals surface area contributed by atoms with Crippen LogP contribution in [0.3, 0.4) is 0 Å². The summed E-state index contributed by atoms with van der Waals surface area (Å²) in [5.74, 6) is 0. The average molecular weight is 719 g/mol. The van der Waals surface area contributed by atoms with Crippen LogP contribution < -0.4 is 15.9 Å². The molecular formula is C38H27FeMnNO5P+. The molecule has 47 heavy (non-hydrogen) atoms. The Labute approximate surface area is 299 Å². The van der Waals surface area contributed by atoms with E-state index in [-0.39, 0.29) is 34.1 Å². The Morgan fingerprint density at radius 3 is 1.04 bits per heavy atom. The molecule has 0 aliphatic heterocycles. The van der Waals surface area contributed by atoms with Gasteiger partial charge in [0.15, 0.2) is 0 Å². The Morgan fingerprint density at radius 1 is 0.447 bits per heavy atom. The van der Waals surface area contributed by atoms with Crippen molar-refractivity contribution in [3.63, 3.8) is 0 Å². The van der Waals surface area contributed by atoms with Crippen molar-refractivity contribution in [2.75, 3.05) is 0 Å².